The molecule has 1 fully saturated rings. The molecule has 0 amide bonds. The maximum Gasteiger partial charge on any atom is 0.227 e. The molecule has 1 aliphatic rings. The van der Waals surface area contributed by atoms with Crippen molar-refractivity contribution >= 4 is 51.8 Å². The third-order valence-electron chi connectivity index (χ3n) is 5.76. The predicted molar refractivity (Wildman–Crippen MR) is 135 cm³/mol. The van der Waals surface area contributed by atoms with Crippen molar-refractivity contribution in [1.29, 1.82) is 0 Å². The molecule has 11 heteroatoms. The number of rotatable bonds is 6. The van der Waals surface area contributed by atoms with Crippen LogP contribution in [0.3, 0.4) is 0 Å². The summed E-state index contributed by atoms with van der Waals surface area (Å²) in [6.07, 6.45) is 1.70. The molecule has 0 atom stereocenters. The number of nitrogens with one attached hydrogen (secondary N) is 2. The Morgan fingerprint density at radius 2 is 1.82 bits per heavy atom. The number of fused-ring (bicyclic) bond motifs is 1. The van der Waals surface area contributed by atoms with E-state index in [0.717, 1.165) is 37.4 Å². The van der Waals surface area contributed by atoms with Crippen molar-refractivity contribution in [2.75, 3.05) is 49.5 Å². The average Bonchev–Trinajstić information content (AvgIpc) is 3.24. The number of aromatic nitrogens is 5. The molecule has 34 heavy (non-hydrogen) atoms. The first-order valence-corrected chi connectivity index (χ1v) is 11.8. The minimum atomic E-state index is 0.172. The van der Waals surface area contributed by atoms with Gasteiger partial charge in [0.2, 0.25) is 5.95 Å². The Bertz CT molecular complexity index is 1300. The van der Waals surface area contributed by atoms with Crippen molar-refractivity contribution in [1.82, 2.24) is 29.8 Å². The maximum absolute atomic E-state index is 9.17. The van der Waals surface area contributed by atoms with E-state index < -0.39 is 0 Å². The molecular formula is C23H24Cl2N8O. The molecule has 4 aromatic rings. The van der Waals surface area contributed by atoms with Gasteiger partial charge in [0.05, 0.1) is 27.7 Å². The van der Waals surface area contributed by atoms with Gasteiger partial charge in [-0.3, -0.25) is 4.90 Å². The number of H-pyrrole nitrogens is 1. The summed E-state index contributed by atoms with van der Waals surface area (Å²) < 4.78 is 0. The van der Waals surface area contributed by atoms with Crippen LogP contribution in [0.5, 0.6) is 0 Å². The molecule has 5 rings (SSSR count). The molecule has 3 N–H and O–H groups in total. The first-order valence-electron chi connectivity index (χ1n) is 11.0. The van der Waals surface area contributed by atoms with Gasteiger partial charge >= 0.3 is 0 Å². The lowest BCUT2D eigenvalue weighted by Gasteiger charge is -2.34. The summed E-state index contributed by atoms with van der Waals surface area (Å²) in [6.45, 7) is 6.14. The van der Waals surface area contributed by atoms with Crippen molar-refractivity contribution in [3.63, 3.8) is 0 Å². The SMILES string of the molecule is Cc1cc(Nc2nccc3[nH]c(-c4c(Cl)cccc4Cl)nc23)nc(N2CCN(CCO)CC2)n1. The van der Waals surface area contributed by atoms with Crippen molar-refractivity contribution in [3.05, 3.63) is 52.3 Å². The van der Waals surface area contributed by atoms with Crippen LogP contribution in [0.1, 0.15) is 5.69 Å². The molecule has 0 saturated carbocycles. The molecule has 9 nitrogen and oxygen atoms in total. The third-order valence-corrected chi connectivity index (χ3v) is 6.39. The Balaban J connectivity index is 1.43. The van der Waals surface area contributed by atoms with Gasteiger partial charge in [-0.25, -0.2) is 15.0 Å². The number of aromatic amines is 1. The molecule has 1 aliphatic heterocycles. The number of hydrogen-bond donors (Lipinski definition) is 3. The molecule has 0 spiro atoms. The largest absolute Gasteiger partial charge is 0.395 e. The van der Waals surface area contributed by atoms with Crippen LogP contribution >= 0.6 is 23.2 Å². The second-order valence-electron chi connectivity index (χ2n) is 8.11. The molecule has 176 valence electrons. The normalized spacial score (nSPS) is 14.6. The smallest absolute Gasteiger partial charge is 0.227 e. The first kappa shape index (κ1) is 22.8. The van der Waals surface area contributed by atoms with Crippen LogP contribution in [0.2, 0.25) is 10.0 Å². The maximum atomic E-state index is 9.17. The summed E-state index contributed by atoms with van der Waals surface area (Å²) in [5, 5.41) is 13.5. The summed E-state index contributed by atoms with van der Waals surface area (Å²) in [4.78, 5) is 26.3. The lowest BCUT2D eigenvalue weighted by molar-refractivity contribution is 0.188. The molecule has 1 aromatic carbocycles. The Hall–Kier alpha value is -2.98. The predicted octanol–water partition coefficient (Wildman–Crippen LogP) is 3.89. The van der Waals surface area contributed by atoms with E-state index in [-0.39, 0.29) is 6.61 Å². The highest BCUT2D eigenvalue weighted by atomic mass is 35.5. The van der Waals surface area contributed by atoms with Gasteiger partial charge in [-0.2, -0.15) is 4.98 Å². The van der Waals surface area contributed by atoms with Crippen LogP contribution < -0.4 is 10.2 Å². The van der Waals surface area contributed by atoms with E-state index >= 15 is 0 Å². The van der Waals surface area contributed by atoms with Gasteiger partial charge in [0.15, 0.2) is 5.82 Å². The highest BCUT2D eigenvalue weighted by Crippen LogP contribution is 2.35. The van der Waals surface area contributed by atoms with E-state index in [4.69, 9.17) is 38.3 Å². The molecule has 0 bridgehead atoms. The molecular weight excluding hydrogens is 475 g/mol. The Labute approximate surface area is 206 Å². The second kappa shape index (κ2) is 9.71. The molecule has 0 aliphatic carbocycles. The highest BCUT2D eigenvalue weighted by molar-refractivity contribution is 6.39. The average molecular weight is 499 g/mol. The van der Waals surface area contributed by atoms with E-state index in [0.29, 0.717) is 51.1 Å². The fourth-order valence-corrected chi connectivity index (χ4v) is 4.64. The number of hydrogen-bond acceptors (Lipinski definition) is 8. The van der Waals surface area contributed by atoms with Gasteiger partial charge < -0.3 is 20.3 Å². The van der Waals surface area contributed by atoms with Crippen LogP contribution in [-0.2, 0) is 0 Å². The van der Waals surface area contributed by atoms with Gasteiger partial charge in [-0.15, -0.1) is 0 Å². The van der Waals surface area contributed by atoms with Crippen molar-refractivity contribution < 1.29 is 5.11 Å². The van der Waals surface area contributed by atoms with Crippen LogP contribution in [0, 0.1) is 6.92 Å². The quantitative estimate of drug-likeness (QED) is 0.367. The first-order chi connectivity index (χ1) is 16.5. The van der Waals surface area contributed by atoms with Crippen LogP contribution in [0.25, 0.3) is 22.4 Å². The zero-order valence-corrected chi connectivity index (χ0v) is 20.1. The second-order valence-corrected chi connectivity index (χ2v) is 8.92. The van der Waals surface area contributed by atoms with Crippen molar-refractivity contribution in [2.24, 2.45) is 0 Å². The standard InChI is InChI=1S/C23H24Cl2N8O/c1-14-13-18(30-23(27-14)33-9-7-32(8-10-33)11-12-34)29-22-20-17(5-6-26-22)28-21(31-20)19-15(24)3-2-4-16(19)25/h2-6,13,34H,7-12H2,1H3,(H,28,31)(H,26,27,29,30). The number of aryl methyl sites for hydroxylation is 1. The molecule has 3 aromatic heterocycles. The fraction of sp³-hybridized carbons (Fsp3) is 0.304. The lowest BCUT2D eigenvalue weighted by Crippen LogP contribution is -2.47. The number of imidazole rings is 1. The zero-order chi connectivity index (χ0) is 23.7. The van der Waals surface area contributed by atoms with E-state index in [1.54, 1.807) is 24.4 Å². The summed E-state index contributed by atoms with van der Waals surface area (Å²) in [7, 11) is 0. The van der Waals surface area contributed by atoms with Gasteiger partial charge in [0.25, 0.3) is 0 Å². The Morgan fingerprint density at radius 1 is 1.06 bits per heavy atom. The monoisotopic (exact) mass is 498 g/mol. The van der Waals surface area contributed by atoms with Crippen LogP contribution in [-0.4, -0.2) is 74.3 Å². The van der Waals surface area contributed by atoms with Gasteiger partial charge in [0.1, 0.15) is 17.2 Å². The van der Waals surface area contributed by atoms with E-state index in [9.17, 15) is 0 Å². The number of nitrogens with zero attached hydrogens (tertiary/aromatic N) is 6. The topological polar surface area (TPSA) is 106 Å². The van der Waals surface area contributed by atoms with E-state index in [2.05, 4.69) is 30.1 Å². The van der Waals surface area contributed by atoms with Crippen LogP contribution in [0.15, 0.2) is 36.5 Å². The van der Waals surface area contributed by atoms with Crippen LogP contribution in [0.4, 0.5) is 17.6 Å². The summed E-state index contributed by atoms with van der Waals surface area (Å²) in [6, 6.07) is 9.09. The minimum Gasteiger partial charge on any atom is -0.395 e. The number of aliphatic hydroxyl groups is 1. The molecule has 0 radical (unpaired) electrons. The summed E-state index contributed by atoms with van der Waals surface area (Å²) in [5.74, 6) is 2.45. The Kier molecular flexibility index (Phi) is 6.51. The van der Waals surface area contributed by atoms with Gasteiger partial charge in [-0.1, -0.05) is 29.3 Å². The number of piperazine rings is 1. The Morgan fingerprint density at radius 3 is 2.56 bits per heavy atom. The van der Waals surface area contributed by atoms with Gasteiger partial charge in [0, 0.05) is 50.7 Å². The van der Waals surface area contributed by atoms with Crippen molar-refractivity contribution in [3.8, 4) is 11.4 Å². The molecule has 0 unspecified atom stereocenters. The summed E-state index contributed by atoms with van der Waals surface area (Å²) in [5.41, 5.74) is 2.95. The fourth-order valence-electron chi connectivity index (χ4n) is 4.06. The third kappa shape index (κ3) is 4.65. The highest BCUT2D eigenvalue weighted by Gasteiger charge is 2.20. The lowest BCUT2D eigenvalue weighted by atomic mass is 10.2. The number of β-amino-alcohol motifs (C(OH)–C–C–N with tert-alkyl or cyclic N) is 1. The summed E-state index contributed by atoms with van der Waals surface area (Å²) >= 11 is 12.8. The molecule has 4 heterocycles. The van der Waals surface area contributed by atoms with Gasteiger partial charge in [-0.05, 0) is 25.1 Å². The number of benzene rings is 1. The molecule has 1 saturated heterocycles. The minimum absolute atomic E-state index is 0.172. The number of aliphatic hydroxyl groups excluding tert-OH is 1. The number of pyridine rings is 1. The van der Waals surface area contributed by atoms with Crippen molar-refractivity contribution in [2.45, 2.75) is 6.92 Å². The number of halogens is 2. The number of anilines is 3. The van der Waals surface area contributed by atoms with E-state index in [1.807, 2.05) is 19.1 Å². The van der Waals surface area contributed by atoms with E-state index in [1.165, 1.54) is 0 Å². The zero-order valence-electron chi connectivity index (χ0n) is 18.6.